The van der Waals surface area contributed by atoms with Crippen LogP contribution in [0, 0.1) is 0 Å². The van der Waals surface area contributed by atoms with Crippen LogP contribution in [-0.4, -0.2) is 18.7 Å². The highest BCUT2D eigenvalue weighted by Crippen LogP contribution is 2.36. The Morgan fingerprint density at radius 2 is 2.06 bits per heavy atom. The zero-order valence-corrected chi connectivity index (χ0v) is 11.2. The van der Waals surface area contributed by atoms with Gasteiger partial charge in [0.1, 0.15) is 0 Å². The Morgan fingerprint density at radius 1 is 1.22 bits per heavy atom. The molecular formula is C13H9NO2S2. The largest absolute Gasteiger partial charge is 0.308 e. The van der Waals surface area contributed by atoms with Gasteiger partial charge in [0.15, 0.2) is 0 Å². The maximum Gasteiger partial charge on any atom is 0.299 e. The lowest BCUT2D eigenvalue weighted by atomic mass is 10.1. The van der Waals surface area contributed by atoms with Crippen molar-refractivity contribution < 1.29 is 9.59 Å². The van der Waals surface area contributed by atoms with Gasteiger partial charge in [-0.3, -0.25) is 9.59 Å². The molecule has 3 nitrogen and oxygen atoms in total. The van der Waals surface area contributed by atoms with Gasteiger partial charge in [-0.2, -0.15) is 0 Å². The third-order valence-corrected chi connectivity index (χ3v) is 4.81. The molecule has 0 radical (unpaired) electrons. The first-order valence-electron chi connectivity index (χ1n) is 5.34. The number of ketones is 1. The predicted octanol–water partition coefficient (Wildman–Crippen LogP) is 3.06. The molecule has 90 valence electrons. The van der Waals surface area contributed by atoms with Crippen molar-refractivity contribution >= 4 is 40.5 Å². The molecule has 0 unspecified atom stereocenters. The number of likely N-dealkylation sites (N-methyl/N-ethyl adjacent to an activating group) is 1. The molecule has 0 N–H and O–H groups in total. The van der Waals surface area contributed by atoms with Crippen LogP contribution in [0.25, 0.3) is 0 Å². The molecule has 0 saturated heterocycles. The summed E-state index contributed by atoms with van der Waals surface area (Å²) in [7, 11) is 1.63. The number of carbonyl (C=O) groups excluding carboxylic acids is 2. The number of carbonyl (C=O) groups is 2. The van der Waals surface area contributed by atoms with E-state index in [9.17, 15) is 9.59 Å². The second-order valence-corrected chi connectivity index (χ2v) is 6.23. The Morgan fingerprint density at radius 3 is 2.78 bits per heavy atom. The molecule has 1 aliphatic rings. The number of hydrogen-bond acceptors (Lipinski definition) is 4. The molecule has 0 aliphatic carbocycles. The average molecular weight is 275 g/mol. The maximum absolute atomic E-state index is 11.6. The lowest BCUT2D eigenvalue weighted by Crippen LogP contribution is -2.24. The van der Waals surface area contributed by atoms with Crippen molar-refractivity contribution in [2.45, 2.75) is 9.10 Å². The van der Waals surface area contributed by atoms with Crippen LogP contribution in [0.15, 0.2) is 44.8 Å². The summed E-state index contributed by atoms with van der Waals surface area (Å²) in [5.41, 5.74) is 1.20. The summed E-state index contributed by atoms with van der Waals surface area (Å²) in [6, 6.07) is 9.55. The second-order valence-electron chi connectivity index (χ2n) is 3.91. The van der Waals surface area contributed by atoms with E-state index in [-0.39, 0.29) is 0 Å². The molecule has 0 atom stereocenters. The molecule has 5 heteroatoms. The zero-order chi connectivity index (χ0) is 12.7. The van der Waals surface area contributed by atoms with Crippen LogP contribution in [0.3, 0.4) is 0 Å². The van der Waals surface area contributed by atoms with Crippen LogP contribution in [0.2, 0.25) is 0 Å². The lowest BCUT2D eigenvalue weighted by Gasteiger charge is -2.09. The Hall–Kier alpha value is -1.59. The van der Waals surface area contributed by atoms with Crippen molar-refractivity contribution in [1.29, 1.82) is 0 Å². The summed E-state index contributed by atoms with van der Waals surface area (Å²) in [4.78, 5) is 25.6. The molecule has 2 heterocycles. The van der Waals surface area contributed by atoms with E-state index < -0.39 is 11.7 Å². The van der Waals surface area contributed by atoms with E-state index >= 15 is 0 Å². The zero-order valence-electron chi connectivity index (χ0n) is 9.54. The Kier molecular flexibility index (Phi) is 2.72. The molecule has 18 heavy (non-hydrogen) atoms. The van der Waals surface area contributed by atoms with Crippen molar-refractivity contribution in [3.05, 3.63) is 41.3 Å². The maximum atomic E-state index is 11.6. The minimum atomic E-state index is -0.455. The van der Waals surface area contributed by atoms with Gasteiger partial charge in [0, 0.05) is 11.9 Å². The van der Waals surface area contributed by atoms with Gasteiger partial charge in [0.25, 0.3) is 11.7 Å². The van der Waals surface area contributed by atoms with Crippen molar-refractivity contribution in [3.8, 4) is 0 Å². The molecule has 0 bridgehead atoms. The molecular weight excluding hydrogens is 266 g/mol. The fourth-order valence-electron chi connectivity index (χ4n) is 1.86. The number of Topliss-reactive ketones (excluding diaryl/α,β-unsaturated/α-hetero) is 1. The van der Waals surface area contributed by atoms with E-state index in [0.29, 0.717) is 11.3 Å². The summed E-state index contributed by atoms with van der Waals surface area (Å²) in [6.45, 7) is 0. The van der Waals surface area contributed by atoms with E-state index in [2.05, 4.69) is 0 Å². The summed E-state index contributed by atoms with van der Waals surface area (Å²) in [5, 5.41) is 2.02. The predicted molar refractivity (Wildman–Crippen MR) is 72.6 cm³/mol. The fourth-order valence-corrected chi connectivity index (χ4v) is 3.64. The first-order chi connectivity index (χ1) is 8.66. The van der Waals surface area contributed by atoms with Crippen molar-refractivity contribution in [2.75, 3.05) is 11.9 Å². The van der Waals surface area contributed by atoms with Crippen LogP contribution in [0.5, 0.6) is 0 Å². The summed E-state index contributed by atoms with van der Waals surface area (Å²) >= 11 is 3.30. The molecule has 2 aromatic rings. The number of fused-ring (bicyclic) bond motifs is 1. The number of anilines is 1. The van der Waals surface area contributed by atoms with Crippen LogP contribution < -0.4 is 4.90 Å². The van der Waals surface area contributed by atoms with Crippen molar-refractivity contribution in [1.82, 2.24) is 0 Å². The standard InChI is InChI=1S/C13H9NO2S2/c1-14-10-7-8(18-11-3-2-6-17-11)4-5-9(10)12(15)13(14)16/h2-7H,1H3. The number of nitrogens with zero attached hydrogens (tertiary/aromatic N) is 1. The molecule has 0 spiro atoms. The molecule has 1 aliphatic heterocycles. The molecule has 1 aromatic heterocycles. The van der Waals surface area contributed by atoms with E-state index in [1.807, 2.05) is 29.6 Å². The number of hydrogen-bond donors (Lipinski definition) is 0. The molecule has 0 saturated carbocycles. The van der Waals surface area contributed by atoms with Gasteiger partial charge >= 0.3 is 0 Å². The monoisotopic (exact) mass is 275 g/mol. The first kappa shape index (κ1) is 11.5. The topological polar surface area (TPSA) is 37.4 Å². The third kappa shape index (κ3) is 1.76. The van der Waals surface area contributed by atoms with E-state index in [1.165, 1.54) is 9.11 Å². The van der Waals surface area contributed by atoms with Crippen LogP contribution in [0.1, 0.15) is 10.4 Å². The van der Waals surface area contributed by atoms with Gasteiger partial charge in [-0.25, -0.2) is 0 Å². The Labute approximate surface area is 112 Å². The van der Waals surface area contributed by atoms with E-state index in [0.717, 1.165) is 4.90 Å². The summed E-state index contributed by atoms with van der Waals surface area (Å²) in [5.74, 6) is -0.872. The molecule has 1 amide bonds. The lowest BCUT2D eigenvalue weighted by molar-refractivity contribution is -0.114. The summed E-state index contributed by atoms with van der Waals surface area (Å²) < 4.78 is 1.19. The number of benzene rings is 1. The smallest absolute Gasteiger partial charge is 0.299 e. The van der Waals surface area contributed by atoms with Gasteiger partial charge in [-0.15, -0.1) is 11.3 Å². The van der Waals surface area contributed by atoms with Gasteiger partial charge in [-0.05, 0) is 29.6 Å². The summed E-state index contributed by atoms with van der Waals surface area (Å²) in [6.07, 6.45) is 0. The first-order valence-corrected chi connectivity index (χ1v) is 7.04. The Bertz CT molecular complexity index is 634. The minimum absolute atomic E-state index is 0.417. The molecule has 0 fully saturated rings. The minimum Gasteiger partial charge on any atom is -0.308 e. The third-order valence-electron chi connectivity index (χ3n) is 2.79. The highest BCUT2D eigenvalue weighted by molar-refractivity contribution is 8.01. The molecule has 1 aromatic carbocycles. The van der Waals surface area contributed by atoms with Crippen molar-refractivity contribution in [3.63, 3.8) is 0 Å². The van der Waals surface area contributed by atoms with Gasteiger partial charge in [0.2, 0.25) is 0 Å². The van der Waals surface area contributed by atoms with E-state index in [4.69, 9.17) is 0 Å². The van der Waals surface area contributed by atoms with Gasteiger partial charge < -0.3 is 4.90 Å². The fraction of sp³-hybridized carbons (Fsp3) is 0.0769. The number of amides is 1. The number of rotatable bonds is 2. The quantitative estimate of drug-likeness (QED) is 0.790. The van der Waals surface area contributed by atoms with Crippen LogP contribution in [0.4, 0.5) is 5.69 Å². The van der Waals surface area contributed by atoms with Gasteiger partial charge in [0.05, 0.1) is 15.5 Å². The van der Waals surface area contributed by atoms with Crippen LogP contribution >= 0.6 is 23.1 Å². The van der Waals surface area contributed by atoms with Crippen molar-refractivity contribution in [2.24, 2.45) is 0 Å². The van der Waals surface area contributed by atoms with E-state index in [1.54, 1.807) is 36.2 Å². The second kappa shape index (κ2) is 4.26. The molecule has 3 rings (SSSR count). The SMILES string of the molecule is CN1C(=O)C(=O)c2ccc(Sc3cccs3)cc21. The normalized spacial score (nSPS) is 14.2. The van der Waals surface area contributed by atoms with Gasteiger partial charge in [-0.1, -0.05) is 17.8 Å². The highest BCUT2D eigenvalue weighted by Gasteiger charge is 2.33. The van der Waals surface area contributed by atoms with Crippen LogP contribution in [-0.2, 0) is 4.79 Å². The number of thiophene rings is 1. The Balaban J connectivity index is 1.97. The average Bonchev–Trinajstić information content (AvgIpc) is 2.95. The highest BCUT2D eigenvalue weighted by atomic mass is 32.2.